The highest BCUT2D eigenvalue weighted by Crippen LogP contribution is 2.25. The molecule has 2 aliphatic rings. The lowest BCUT2D eigenvalue weighted by Crippen LogP contribution is -2.51. The van der Waals surface area contributed by atoms with Crippen LogP contribution < -0.4 is 4.74 Å². The molecule has 1 aromatic carbocycles. The van der Waals surface area contributed by atoms with Crippen LogP contribution in [0, 0.1) is 0 Å². The molecule has 0 spiro atoms. The third kappa shape index (κ3) is 3.92. The van der Waals surface area contributed by atoms with E-state index in [1.807, 2.05) is 0 Å². The second-order valence-corrected chi connectivity index (χ2v) is 8.70. The summed E-state index contributed by atoms with van der Waals surface area (Å²) in [6, 6.07) is 7.32. The van der Waals surface area contributed by atoms with E-state index in [1.165, 1.54) is 38.5 Å². The first kappa shape index (κ1) is 17.7. The van der Waals surface area contributed by atoms with Crippen LogP contribution in [-0.2, 0) is 10.0 Å². The Kier molecular flexibility index (Phi) is 5.79. The number of methoxy groups -OCH3 is 1. The van der Waals surface area contributed by atoms with E-state index in [2.05, 4.69) is 4.90 Å². The zero-order valence-corrected chi connectivity index (χ0v) is 15.3. The van der Waals surface area contributed by atoms with Crippen LogP contribution in [0.15, 0.2) is 29.2 Å². The van der Waals surface area contributed by atoms with Crippen LogP contribution in [0.2, 0.25) is 0 Å². The van der Waals surface area contributed by atoms with Crippen molar-refractivity contribution in [2.45, 2.75) is 49.5 Å². The third-order valence-corrected chi connectivity index (χ3v) is 7.22. The van der Waals surface area contributed by atoms with Crippen LogP contribution in [0.5, 0.6) is 5.75 Å². The van der Waals surface area contributed by atoms with Crippen LogP contribution in [0.1, 0.15) is 38.5 Å². The fourth-order valence-electron chi connectivity index (χ4n) is 3.83. The molecule has 0 aromatic heterocycles. The normalized spacial score (nSPS) is 22.2. The molecule has 0 unspecified atom stereocenters. The van der Waals surface area contributed by atoms with E-state index in [4.69, 9.17) is 4.74 Å². The Balaban J connectivity index is 1.62. The molecule has 0 N–H and O–H groups in total. The Morgan fingerprint density at radius 3 is 2.04 bits per heavy atom. The molecule has 0 amide bonds. The molecule has 0 bridgehead atoms. The standard InChI is InChI=1S/C18H28N2O3S/c1-23-17-8-10-18(11-9-17)24(21,22)20-14-12-19(13-15-20)16-6-4-2-3-5-7-16/h8-11,16H,2-7,12-15H2,1H3. The van der Waals surface area contributed by atoms with Crippen molar-refractivity contribution >= 4 is 10.0 Å². The van der Waals surface area contributed by atoms with Gasteiger partial charge >= 0.3 is 0 Å². The average Bonchev–Trinajstić information content (AvgIpc) is 2.91. The number of hydrogen-bond acceptors (Lipinski definition) is 4. The van der Waals surface area contributed by atoms with Gasteiger partial charge in [0.05, 0.1) is 12.0 Å². The molecule has 0 atom stereocenters. The van der Waals surface area contributed by atoms with Crippen LogP contribution in [-0.4, -0.2) is 57.0 Å². The first-order valence-corrected chi connectivity index (χ1v) is 10.4. The van der Waals surface area contributed by atoms with E-state index in [9.17, 15) is 8.42 Å². The van der Waals surface area contributed by atoms with E-state index in [0.717, 1.165) is 13.1 Å². The highest BCUT2D eigenvalue weighted by atomic mass is 32.2. The van der Waals surface area contributed by atoms with Crippen molar-refractivity contribution in [1.82, 2.24) is 9.21 Å². The van der Waals surface area contributed by atoms with Gasteiger partial charge in [0, 0.05) is 32.2 Å². The maximum absolute atomic E-state index is 12.8. The van der Waals surface area contributed by atoms with Crippen molar-refractivity contribution in [3.63, 3.8) is 0 Å². The van der Waals surface area contributed by atoms with Crippen molar-refractivity contribution in [1.29, 1.82) is 0 Å². The Morgan fingerprint density at radius 1 is 0.917 bits per heavy atom. The summed E-state index contributed by atoms with van der Waals surface area (Å²) in [5.41, 5.74) is 0. The maximum Gasteiger partial charge on any atom is 0.243 e. The first-order valence-electron chi connectivity index (χ1n) is 8.99. The van der Waals surface area contributed by atoms with Gasteiger partial charge in [-0.25, -0.2) is 8.42 Å². The van der Waals surface area contributed by atoms with Gasteiger partial charge in [-0.15, -0.1) is 0 Å². The summed E-state index contributed by atoms with van der Waals surface area (Å²) in [7, 11) is -1.82. The number of benzene rings is 1. The van der Waals surface area contributed by atoms with Crippen molar-refractivity contribution in [2.24, 2.45) is 0 Å². The number of nitrogens with zero attached hydrogens (tertiary/aromatic N) is 2. The summed E-state index contributed by atoms with van der Waals surface area (Å²) in [5, 5.41) is 0. The SMILES string of the molecule is COc1ccc(S(=O)(=O)N2CCN(C3CCCCCC3)CC2)cc1. The number of ether oxygens (including phenoxy) is 1. The molecule has 6 heteroatoms. The summed E-state index contributed by atoms with van der Waals surface area (Å²) in [6.07, 6.45) is 7.87. The van der Waals surface area contributed by atoms with Gasteiger partial charge in [-0.3, -0.25) is 4.90 Å². The van der Waals surface area contributed by atoms with E-state index >= 15 is 0 Å². The molecule has 1 heterocycles. The predicted octanol–water partition coefficient (Wildman–Crippen LogP) is 2.72. The molecule has 5 nitrogen and oxygen atoms in total. The summed E-state index contributed by atoms with van der Waals surface area (Å²) in [5.74, 6) is 0.673. The Hall–Kier alpha value is -1.11. The quantitative estimate of drug-likeness (QED) is 0.782. The van der Waals surface area contributed by atoms with Gasteiger partial charge in [-0.2, -0.15) is 4.31 Å². The Morgan fingerprint density at radius 2 is 1.50 bits per heavy atom. The number of rotatable bonds is 4. The molecule has 1 aromatic rings. The van der Waals surface area contributed by atoms with E-state index in [0.29, 0.717) is 29.8 Å². The summed E-state index contributed by atoms with van der Waals surface area (Å²) < 4.78 is 32.3. The zero-order chi connectivity index (χ0) is 17.0. The summed E-state index contributed by atoms with van der Waals surface area (Å²) in [4.78, 5) is 2.86. The third-order valence-electron chi connectivity index (χ3n) is 5.31. The van der Waals surface area contributed by atoms with Gasteiger partial charge in [0.25, 0.3) is 0 Å². The number of piperazine rings is 1. The highest BCUT2D eigenvalue weighted by Gasteiger charge is 2.31. The largest absolute Gasteiger partial charge is 0.497 e. The van der Waals surface area contributed by atoms with E-state index < -0.39 is 10.0 Å². The van der Waals surface area contributed by atoms with Crippen LogP contribution in [0.3, 0.4) is 0 Å². The lowest BCUT2D eigenvalue weighted by molar-refractivity contribution is 0.126. The molecule has 134 valence electrons. The Labute approximate surface area is 145 Å². The summed E-state index contributed by atoms with van der Waals surface area (Å²) in [6.45, 7) is 2.87. The Bertz CT molecular complexity index is 614. The van der Waals surface area contributed by atoms with Gasteiger partial charge in [0.15, 0.2) is 0 Å². The van der Waals surface area contributed by atoms with Gasteiger partial charge in [-0.05, 0) is 37.1 Å². The van der Waals surface area contributed by atoms with Crippen LogP contribution >= 0.6 is 0 Å². The molecule has 2 fully saturated rings. The zero-order valence-electron chi connectivity index (χ0n) is 14.5. The minimum atomic E-state index is -3.40. The van der Waals surface area contributed by atoms with Gasteiger partial charge < -0.3 is 4.74 Å². The number of sulfonamides is 1. The minimum absolute atomic E-state index is 0.353. The molecule has 1 saturated carbocycles. The lowest BCUT2D eigenvalue weighted by Gasteiger charge is -2.38. The molecule has 1 aliphatic heterocycles. The van der Waals surface area contributed by atoms with Crippen molar-refractivity contribution in [2.75, 3.05) is 33.3 Å². The minimum Gasteiger partial charge on any atom is -0.497 e. The molecule has 3 rings (SSSR count). The first-order chi connectivity index (χ1) is 11.6. The van der Waals surface area contributed by atoms with Crippen LogP contribution in [0.25, 0.3) is 0 Å². The second-order valence-electron chi connectivity index (χ2n) is 6.76. The molecular formula is C18H28N2O3S. The predicted molar refractivity (Wildman–Crippen MR) is 94.8 cm³/mol. The van der Waals surface area contributed by atoms with Gasteiger partial charge in [0.1, 0.15) is 5.75 Å². The molecule has 1 aliphatic carbocycles. The summed E-state index contributed by atoms with van der Waals surface area (Å²) >= 11 is 0. The fourth-order valence-corrected chi connectivity index (χ4v) is 5.25. The van der Waals surface area contributed by atoms with Crippen LogP contribution in [0.4, 0.5) is 0 Å². The maximum atomic E-state index is 12.8. The lowest BCUT2D eigenvalue weighted by atomic mass is 10.1. The van der Waals surface area contributed by atoms with Crippen molar-refractivity contribution < 1.29 is 13.2 Å². The van der Waals surface area contributed by atoms with E-state index in [-0.39, 0.29) is 0 Å². The van der Waals surface area contributed by atoms with Gasteiger partial charge in [0.2, 0.25) is 10.0 Å². The molecule has 0 radical (unpaired) electrons. The average molecular weight is 353 g/mol. The van der Waals surface area contributed by atoms with Crippen molar-refractivity contribution in [3.8, 4) is 5.75 Å². The van der Waals surface area contributed by atoms with E-state index in [1.54, 1.807) is 35.7 Å². The molecular weight excluding hydrogens is 324 g/mol. The molecule has 1 saturated heterocycles. The smallest absolute Gasteiger partial charge is 0.243 e. The monoisotopic (exact) mass is 352 g/mol. The second kappa shape index (κ2) is 7.85. The molecule has 24 heavy (non-hydrogen) atoms. The topological polar surface area (TPSA) is 49.9 Å². The van der Waals surface area contributed by atoms with Crippen molar-refractivity contribution in [3.05, 3.63) is 24.3 Å². The highest BCUT2D eigenvalue weighted by molar-refractivity contribution is 7.89. The number of hydrogen-bond donors (Lipinski definition) is 0. The van der Waals surface area contributed by atoms with Gasteiger partial charge in [-0.1, -0.05) is 25.7 Å². The fraction of sp³-hybridized carbons (Fsp3) is 0.667.